The van der Waals surface area contributed by atoms with E-state index in [4.69, 9.17) is 4.84 Å². The zero-order chi connectivity index (χ0) is 15.3. The van der Waals surface area contributed by atoms with E-state index in [0.717, 1.165) is 37.5 Å². The van der Waals surface area contributed by atoms with Gasteiger partial charge in [0.05, 0.1) is 17.0 Å². The molecule has 22 heavy (non-hydrogen) atoms. The largest absolute Gasteiger partial charge is 0.336 e. The average molecular weight is 299 g/mol. The summed E-state index contributed by atoms with van der Waals surface area (Å²) in [6.07, 6.45) is 4.98. The molecular weight excluding hydrogens is 282 g/mol. The molecule has 0 N–H and O–H groups in total. The van der Waals surface area contributed by atoms with Crippen molar-refractivity contribution in [1.82, 2.24) is 5.06 Å². The van der Waals surface area contributed by atoms with Crippen LogP contribution in [0.2, 0.25) is 0 Å². The molecule has 0 aromatic heterocycles. The number of imide groups is 1. The van der Waals surface area contributed by atoms with Crippen molar-refractivity contribution in [3.05, 3.63) is 35.4 Å². The number of carbonyl (C=O) groups is 3. The quantitative estimate of drug-likeness (QED) is 0.787. The van der Waals surface area contributed by atoms with E-state index in [0.29, 0.717) is 16.2 Å². The van der Waals surface area contributed by atoms with E-state index in [2.05, 4.69) is 0 Å². The number of fused-ring (bicyclic) bond motifs is 2. The standard InChI is InChI=1S/C17H17NO4/c19-15-13-3-1-2-4-14(13)16(20)18(15)22-17(21)10-5-7-11-9-12(11)8-6-10/h1-4,10-12H,5-9H2/t10?,11-,12+. The van der Waals surface area contributed by atoms with Gasteiger partial charge in [-0.15, -0.1) is 0 Å². The van der Waals surface area contributed by atoms with Gasteiger partial charge in [-0.2, -0.15) is 0 Å². The van der Waals surface area contributed by atoms with Crippen molar-refractivity contribution < 1.29 is 19.2 Å². The number of rotatable bonds is 2. The van der Waals surface area contributed by atoms with Crippen molar-refractivity contribution in [3.63, 3.8) is 0 Å². The van der Waals surface area contributed by atoms with E-state index in [1.807, 2.05) is 0 Å². The van der Waals surface area contributed by atoms with Gasteiger partial charge in [0.25, 0.3) is 11.8 Å². The van der Waals surface area contributed by atoms with Crippen molar-refractivity contribution in [2.24, 2.45) is 17.8 Å². The second-order valence-corrected chi connectivity index (χ2v) is 6.47. The molecule has 3 aliphatic rings. The van der Waals surface area contributed by atoms with Gasteiger partial charge in [-0.05, 0) is 56.1 Å². The molecule has 1 unspecified atom stereocenters. The maximum atomic E-state index is 12.3. The number of nitrogens with zero attached hydrogens (tertiary/aromatic N) is 1. The molecule has 5 heteroatoms. The summed E-state index contributed by atoms with van der Waals surface area (Å²) >= 11 is 0. The summed E-state index contributed by atoms with van der Waals surface area (Å²) in [6.45, 7) is 0. The summed E-state index contributed by atoms with van der Waals surface area (Å²) in [7, 11) is 0. The summed E-state index contributed by atoms with van der Waals surface area (Å²) in [4.78, 5) is 41.8. The van der Waals surface area contributed by atoms with Crippen LogP contribution in [-0.4, -0.2) is 22.8 Å². The second-order valence-electron chi connectivity index (χ2n) is 6.47. The minimum absolute atomic E-state index is 0.197. The summed E-state index contributed by atoms with van der Waals surface area (Å²) in [5.41, 5.74) is 0.588. The van der Waals surface area contributed by atoms with Gasteiger partial charge in [0.1, 0.15) is 0 Å². The van der Waals surface area contributed by atoms with E-state index in [-0.39, 0.29) is 5.92 Å². The molecule has 1 aromatic rings. The van der Waals surface area contributed by atoms with Crippen molar-refractivity contribution in [2.75, 3.05) is 0 Å². The highest BCUT2D eigenvalue weighted by Crippen LogP contribution is 2.49. The Morgan fingerprint density at radius 2 is 1.50 bits per heavy atom. The van der Waals surface area contributed by atoms with Crippen LogP contribution in [0.3, 0.4) is 0 Å². The molecule has 1 aliphatic heterocycles. The van der Waals surface area contributed by atoms with Gasteiger partial charge in [0.2, 0.25) is 0 Å². The van der Waals surface area contributed by atoms with E-state index < -0.39 is 17.8 Å². The van der Waals surface area contributed by atoms with E-state index in [1.54, 1.807) is 24.3 Å². The zero-order valence-electron chi connectivity index (χ0n) is 12.2. The number of amides is 2. The third-order valence-electron chi connectivity index (χ3n) is 5.11. The maximum absolute atomic E-state index is 12.3. The number of hydroxylamine groups is 2. The summed E-state index contributed by atoms with van der Waals surface area (Å²) in [5.74, 6) is -0.196. The van der Waals surface area contributed by atoms with Crippen LogP contribution in [0.15, 0.2) is 24.3 Å². The SMILES string of the molecule is O=C(ON1C(=O)c2ccccc2C1=O)C1CC[C@@H]2C[C@@H]2CC1. The maximum Gasteiger partial charge on any atom is 0.336 e. The first kappa shape index (κ1) is 13.5. The number of carbonyl (C=O) groups excluding carboxylic acids is 3. The van der Waals surface area contributed by atoms with Crippen LogP contribution in [0, 0.1) is 17.8 Å². The Hall–Kier alpha value is -2.17. The van der Waals surface area contributed by atoms with Gasteiger partial charge in [0.15, 0.2) is 0 Å². The van der Waals surface area contributed by atoms with Crippen LogP contribution < -0.4 is 0 Å². The van der Waals surface area contributed by atoms with Crippen molar-refractivity contribution in [3.8, 4) is 0 Å². The van der Waals surface area contributed by atoms with Crippen LogP contribution in [0.4, 0.5) is 0 Å². The van der Waals surface area contributed by atoms with Gasteiger partial charge in [-0.1, -0.05) is 17.2 Å². The molecule has 1 heterocycles. The Morgan fingerprint density at radius 3 is 2.05 bits per heavy atom. The Labute approximate surface area is 128 Å². The lowest BCUT2D eigenvalue weighted by Gasteiger charge is -2.18. The summed E-state index contributed by atoms with van der Waals surface area (Å²) in [6, 6.07) is 6.52. The lowest BCUT2D eigenvalue weighted by Crippen LogP contribution is -2.35. The van der Waals surface area contributed by atoms with Crippen LogP contribution >= 0.6 is 0 Å². The normalized spacial score (nSPS) is 29.6. The van der Waals surface area contributed by atoms with Gasteiger partial charge in [0, 0.05) is 0 Å². The van der Waals surface area contributed by atoms with Crippen LogP contribution in [0.5, 0.6) is 0 Å². The van der Waals surface area contributed by atoms with Gasteiger partial charge in [-0.3, -0.25) is 9.59 Å². The predicted molar refractivity (Wildman–Crippen MR) is 76.6 cm³/mol. The lowest BCUT2D eigenvalue weighted by molar-refractivity contribution is -0.174. The van der Waals surface area contributed by atoms with Crippen molar-refractivity contribution in [1.29, 1.82) is 0 Å². The van der Waals surface area contributed by atoms with Crippen LogP contribution in [-0.2, 0) is 9.63 Å². The van der Waals surface area contributed by atoms with Gasteiger partial charge in [-0.25, -0.2) is 4.79 Å². The Morgan fingerprint density at radius 1 is 0.955 bits per heavy atom. The van der Waals surface area contributed by atoms with Crippen LogP contribution in [0.1, 0.15) is 52.8 Å². The van der Waals surface area contributed by atoms with E-state index >= 15 is 0 Å². The highest BCUT2D eigenvalue weighted by Gasteiger charge is 2.43. The smallest absolute Gasteiger partial charge is 0.329 e. The molecule has 0 bridgehead atoms. The first-order valence-electron chi connectivity index (χ1n) is 7.85. The molecule has 4 rings (SSSR count). The van der Waals surface area contributed by atoms with Crippen molar-refractivity contribution in [2.45, 2.75) is 32.1 Å². The number of hydrogen-bond acceptors (Lipinski definition) is 4. The third-order valence-corrected chi connectivity index (χ3v) is 5.11. The third kappa shape index (κ3) is 2.12. The average Bonchev–Trinajstić information content (AvgIpc) is 3.26. The fourth-order valence-corrected chi connectivity index (χ4v) is 3.64. The number of benzene rings is 1. The molecule has 114 valence electrons. The number of hydrogen-bond donors (Lipinski definition) is 0. The molecule has 2 aliphatic carbocycles. The molecule has 0 saturated heterocycles. The first-order valence-corrected chi connectivity index (χ1v) is 7.85. The molecular formula is C17H17NO4. The molecule has 3 atom stereocenters. The van der Waals surface area contributed by atoms with Crippen LogP contribution in [0.25, 0.3) is 0 Å². The molecule has 2 saturated carbocycles. The van der Waals surface area contributed by atoms with Gasteiger partial charge >= 0.3 is 5.97 Å². The monoisotopic (exact) mass is 299 g/mol. The highest BCUT2D eigenvalue weighted by atomic mass is 16.7. The van der Waals surface area contributed by atoms with E-state index in [1.165, 1.54) is 6.42 Å². The molecule has 0 spiro atoms. The summed E-state index contributed by atoms with van der Waals surface area (Å²) < 4.78 is 0. The predicted octanol–water partition coefficient (Wildman–Crippen LogP) is 2.57. The molecule has 0 radical (unpaired) electrons. The second kappa shape index (κ2) is 4.93. The summed E-state index contributed by atoms with van der Waals surface area (Å²) in [5, 5.41) is 0.624. The van der Waals surface area contributed by atoms with Crippen molar-refractivity contribution >= 4 is 17.8 Å². The first-order chi connectivity index (χ1) is 10.6. The molecule has 5 nitrogen and oxygen atoms in total. The fourth-order valence-electron chi connectivity index (χ4n) is 3.64. The highest BCUT2D eigenvalue weighted by molar-refractivity contribution is 6.20. The minimum Gasteiger partial charge on any atom is -0.329 e. The van der Waals surface area contributed by atoms with E-state index in [9.17, 15) is 14.4 Å². The Kier molecular flexibility index (Phi) is 3.03. The fraction of sp³-hybridized carbons (Fsp3) is 0.471. The molecule has 1 aromatic carbocycles. The lowest BCUT2D eigenvalue weighted by atomic mass is 9.99. The molecule has 2 amide bonds. The van der Waals surface area contributed by atoms with Gasteiger partial charge < -0.3 is 4.84 Å². The topological polar surface area (TPSA) is 63.7 Å². The Balaban J connectivity index is 1.46. The Bertz CT molecular complexity index is 621. The molecule has 2 fully saturated rings. The zero-order valence-corrected chi connectivity index (χ0v) is 12.2. The minimum atomic E-state index is -0.551.